The number of alkyl halides is 3. The third kappa shape index (κ3) is 5.18. The summed E-state index contributed by atoms with van der Waals surface area (Å²) in [5.74, 6) is -2.18. The minimum Gasteiger partial charge on any atom is -0.350 e. The zero-order valence-electron chi connectivity index (χ0n) is 17.8. The van der Waals surface area contributed by atoms with Gasteiger partial charge in [0.05, 0.1) is 16.3 Å². The van der Waals surface area contributed by atoms with Crippen LogP contribution in [0.15, 0.2) is 77.5 Å². The lowest BCUT2D eigenvalue weighted by Crippen LogP contribution is -2.32. The van der Waals surface area contributed by atoms with Crippen LogP contribution in [0, 0.1) is 0 Å². The molecule has 0 saturated carbocycles. The number of carbonyl (C=O) groups excluding carboxylic acids is 3. The Hall–Kier alpha value is -3.53. The van der Waals surface area contributed by atoms with E-state index in [0.717, 1.165) is 17.0 Å². The van der Waals surface area contributed by atoms with Crippen molar-refractivity contribution < 1.29 is 27.6 Å². The molecule has 36 heavy (non-hydrogen) atoms. The summed E-state index contributed by atoms with van der Waals surface area (Å²) in [5, 5.41) is 5.18. The molecule has 0 atom stereocenters. The molecule has 3 aromatic rings. The minimum absolute atomic E-state index is 0.0232. The Bertz CT molecular complexity index is 1420. The van der Waals surface area contributed by atoms with Gasteiger partial charge in [-0.3, -0.25) is 14.4 Å². The molecule has 0 aliphatic carbocycles. The van der Waals surface area contributed by atoms with Crippen molar-refractivity contribution in [1.29, 1.82) is 0 Å². The minimum atomic E-state index is -4.54. The Kier molecular flexibility index (Phi) is 6.99. The van der Waals surface area contributed by atoms with E-state index in [1.165, 1.54) is 54.6 Å². The van der Waals surface area contributed by atoms with E-state index in [4.69, 9.17) is 34.8 Å². The van der Waals surface area contributed by atoms with Gasteiger partial charge in [0, 0.05) is 22.0 Å². The summed E-state index contributed by atoms with van der Waals surface area (Å²) in [5.41, 5.74) is -0.549. The number of rotatable bonds is 5. The van der Waals surface area contributed by atoms with Gasteiger partial charge in [-0.25, -0.2) is 4.90 Å². The molecule has 4 rings (SSSR count). The van der Waals surface area contributed by atoms with E-state index in [1.807, 2.05) is 0 Å². The van der Waals surface area contributed by atoms with Gasteiger partial charge < -0.3 is 10.6 Å². The first-order valence-electron chi connectivity index (χ1n) is 10.0. The van der Waals surface area contributed by atoms with E-state index < -0.39 is 29.5 Å². The fourth-order valence-electron chi connectivity index (χ4n) is 3.32. The maximum absolute atomic E-state index is 12.9. The first-order valence-corrected chi connectivity index (χ1v) is 11.2. The Morgan fingerprint density at radius 3 is 2.17 bits per heavy atom. The fraction of sp³-hybridized carbons (Fsp3) is 0.0417. The average molecular weight is 555 g/mol. The van der Waals surface area contributed by atoms with Crippen LogP contribution in [0.5, 0.6) is 0 Å². The zero-order chi connectivity index (χ0) is 26.2. The van der Waals surface area contributed by atoms with Gasteiger partial charge in [-0.05, 0) is 60.7 Å². The SMILES string of the molecule is O=C(Nc1cccc(C(F)(F)F)c1)c1ccc(NC2=C(Cl)C(=O)N(c3ccc(Cl)cc3Cl)C2=O)cc1. The lowest BCUT2D eigenvalue weighted by atomic mass is 10.1. The number of imide groups is 1. The summed E-state index contributed by atoms with van der Waals surface area (Å²) < 4.78 is 38.6. The van der Waals surface area contributed by atoms with Crippen molar-refractivity contribution >= 4 is 69.6 Å². The summed E-state index contributed by atoms with van der Waals surface area (Å²) in [6, 6.07) is 14.1. The van der Waals surface area contributed by atoms with Crippen LogP contribution in [-0.2, 0) is 15.8 Å². The smallest absolute Gasteiger partial charge is 0.350 e. The van der Waals surface area contributed by atoms with E-state index in [0.29, 0.717) is 10.7 Å². The maximum atomic E-state index is 12.9. The number of carbonyl (C=O) groups is 3. The Morgan fingerprint density at radius 2 is 1.53 bits per heavy atom. The number of nitrogens with zero attached hydrogens (tertiary/aromatic N) is 1. The highest BCUT2D eigenvalue weighted by Gasteiger charge is 2.40. The molecule has 184 valence electrons. The molecule has 3 amide bonds. The van der Waals surface area contributed by atoms with Gasteiger partial charge in [0.25, 0.3) is 17.7 Å². The van der Waals surface area contributed by atoms with Gasteiger partial charge >= 0.3 is 6.18 Å². The van der Waals surface area contributed by atoms with E-state index in [1.54, 1.807) is 0 Å². The number of halogens is 6. The molecule has 6 nitrogen and oxygen atoms in total. The van der Waals surface area contributed by atoms with Gasteiger partial charge in [0.1, 0.15) is 10.7 Å². The third-order valence-corrected chi connectivity index (χ3v) is 5.93. The predicted molar refractivity (Wildman–Crippen MR) is 131 cm³/mol. The molecule has 12 heteroatoms. The zero-order valence-corrected chi connectivity index (χ0v) is 20.1. The second-order valence-corrected chi connectivity index (χ2v) is 8.69. The Morgan fingerprint density at radius 1 is 0.833 bits per heavy atom. The van der Waals surface area contributed by atoms with Crippen LogP contribution in [-0.4, -0.2) is 17.7 Å². The monoisotopic (exact) mass is 553 g/mol. The Labute approximate surface area is 217 Å². The second kappa shape index (κ2) is 9.85. The van der Waals surface area contributed by atoms with E-state index >= 15 is 0 Å². The van der Waals surface area contributed by atoms with Crippen LogP contribution in [0.1, 0.15) is 15.9 Å². The predicted octanol–water partition coefficient (Wildman–Crippen LogP) is 6.70. The second-order valence-electron chi connectivity index (χ2n) is 7.47. The molecule has 0 bridgehead atoms. The first kappa shape index (κ1) is 25.6. The maximum Gasteiger partial charge on any atom is 0.416 e. The van der Waals surface area contributed by atoms with Gasteiger partial charge in [0.2, 0.25) is 0 Å². The van der Waals surface area contributed by atoms with E-state index in [9.17, 15) is 27.6 Å². The third-order valence-electron chi connectivity index (χ3n) is 5.04. The standard InChI is InChI=1S/C24H13Cl3F3N3O3/c25-14-6-9-18(17(26)11-14)33-22(35)19(27)20(23(33)36)31-15-7-4-12(5-8-15)21(34)32-16-3-1-2-13(10-16)24(28,29)30/h1-11,31H,(H,32,34). The molecule has 0 spiro atoms. The van der Waals surface area contributed by atoms with Crippen LogP contribution >= 0.6 is 34.8 Å². The van der Waals surface area contributed by atoms with Crippen molar-refractivity contribution in [2.24, 2.45) is 0 Å². The molecule has 0 radical (unpaired) electrons. The average Bonchev–Trinajstić information content (AvgIpc) is 3.02. The summed E-state index contributed by atoms with van der Waals surface area (Å²) in [4.78, 5) is 38.8. The highest BCUT2D eigenvalue weighted by Crippen LogP contribution is 2.35. The summed E-state index contributed by atoms with van der Waals surface area (Å²) in [6.45, 7) is 0. The van der Waals surface area contributed by atoms with Gasteiger partial charge in [-0.2, -0.15) is 13.2 Å². The summed E-state index contributed by atoms with van der Waals surface area (Å²) in [6.07, 6.45) is -4.54. The van der Waals surface area contributed by atoms with Gasteiger partial charge in [0.15, 0.2) is 0 Å². The van der Waals surface area contributed by atoms with Crippen molar-refractivity contribution in [2.75, 3.05) is 15.5 Å². The quantitative estimate of drug-likeness (QED) is 0.344. The molecule has 3 aromatic carbocycles. The molecule has 1 aliphatic heterocycles. The molecular weight excluding hydrogens is 542 g/mol. The van der Waals surface area contributed by atoms with Crippen molar-refractivity contribution in [3.05, 3.63) is 98.6 Å². The highest BCUT2D eigenvalue weighted by atomic mass is 35.5. The van der Waals surface area contributed by atoms with Crippen LogP contribution in [0.3, 0.4) is 0 Å². The van der Waals surface area contributed by atoms with Crippen molar-refractivity contribution in [3.8, 4) is 0 Å². The first-order chi connectivity index (χ1) is 17.0. The van der Waals surface area contributed by atoms with Crippen molar-refractivity contribution in [3.63, 3.8) is 0 Å². The van der Waals surface area contributed by atoms with Crippen molar-refractivity contribution in [2.45, 2.75) is 6.18 Å². The number of hydrogen-bond acceptors (Lipinski definition) is 4. The lowest BCUT2D eigenvalue weighted by Gasteiger charge is -2.16. The van der Waals surface area contributed by atoms with Crippen LogP contribution < -0.4 is 15.5 Å². The van der Waals surface area contributed by atoms with Gasteiger partial charge in [-0.15, -0.1) is 0 Å². The highest BCUT2D eigenvalue weighted by molar-refractivity contribution is 6.54. The number of anilines is 3. The topological polar surface area (TPSA) is 78.5 Å². The number of hydrogen-bond donors (Lipinski definition) is 2. The number of amides is 3. The molecule has 1 aliphatic rings. The lowest BCUT2D eigenvalue weighted by molar-refractivity contribution is -0.137. The summed E-state index contributed by atoms with van der Waals surface area (Å²) in [7, 11) is 0. The molecule has 0 unspecified atom stereocenters. The molecule has 0 fully saturated rings. The largest absolute Gasteiger partial charge is 0.416 e. The molecular formula is C24H13Cl3F3N3O3. The van der Waals surface area contributed by atoms with Crippen molar-refractivity contribution in [1.82, 2.24) is 0 Å². The van der Waals surface area contributed by atoms with Crippen LogP contribution in [0.4, 0.5) is 30.2 Å². The molecule has 1 heterocycles. The van der Waals surface area contributed by atoms with Crippen LogP contribution in [0.2, 0.25) is 10.0 Å². The Balaban J connectivity index is 1.48. The van der Waals surface area contributed by atoms with E-state index in [-0.39, 0.29) is 32.7 Å². The van der Waals surface area contributed by atoms with E-state index in [2.05, 4.69) is 10.6 Å². The van der Waals surface area contributed by atoms with Crippen LogP contribution in [0.25, 0.3) is 0 Å². The number of nitrogens with one attached hydrogen (secondary N) is 2. The summed E-state index contributed by atoms with van der Waals surface area (Å²) >= 11 is 18.1. The molecule has 0 saturated heterocycles. The fourth-order valence-corrected chi connectivity index (χ4v) is 4.02. The normalized spacial score (nSPS) is 13.9. The number of benzene rings is 3. The van der Waals surface area contributed by atoms with Gasteiger partial charge in [-0.1, -0.05) is 40.9 Å². The molecule has 2 N–H and O–H groups in total. The molecule has 0 aromatic heterocycles.